The van der Waals surface area contributed by atoms with E-state index in [2.05, 4.69) is 54.6 Å². The Bertz CT molecular complexity index is 857. The van der Waals surface area contributed by atoms with Crippen molar-refractivity contribution in [1.29, 1.82) is 0 Å². The third-order valence-corrected chi connectivity index (χ3v) is 7.43. The topological polar surface area (TPSA) is 9.23 Å². The van der Waals surface area contributed by atoms with Gasteiger partial charge in [-0.3, -0.25) is 0 Å². The van der Waals surface area contributed by atoms with Crippen molar-refractivity contribution in [3.8, 4) is 16.9 Å². The van der Waals surface area contributed by atoms with Crippen molar-refractivity contribution in [2.24, 2.45) is 23.7 Å². The second kappa shape index (κ2) is 4.33. The quantitative estimate of drug-likeness (QED) is 0.658. The summed E-state index contributed by atoms with van der Waals surface area (Å²) < 4.78 is 5.85. The summed E-state index contributed by atoms with van der Waals surface area (Å²) in [4.78, 5) is 0. The monoisotopic (exact) mass is 314 g/mol. The van der Waals surface area contributed by atoms with E-state index >= 15 is 0 Å². The highest BCUT2D eigenvalue weighted by Crippen LogP contribution is 2.68. The number of fused-ring (bicyclic) bond motifs is 10. The summed E-state index contributed by atoms with van der Waals surface area (Å²) in [5.74, 6) is 4.47. The molecule has 2 aromatic carbocycles. The lowest BCUT2D eigenvalue weighted by Gasteiger charge is -2.30. The van der Waals surface area contributed by atoms with E-state index in [-0.39, 0.29) is 5.41 Å². The van der Waals surface area contributed by atoms with E-state index in [4.69, 9.17) is 4.74 Å². The molecule has 120 valence electrons. The first-order valence-corrected chi connectivity index (χ1v) is 9.27. The molecule has 2 saturated carbocycles. The molecule has 1 heteroatoms. The highest BCUT2D eigenvalue weighted by atomic mass is 16.5. The fraction of sp³-hybridized carbons (Fsp3) is 0.391. The maximum absolute atomic E-state index is 5.85. The Balaban J connectivity index is 1.61. The van der Waals surface area contributed by atoms with E-state index in [9.17, 15) is 0 Å². The Morgan fingerprint density at radius 3 is 2.33 bits per heavy atom. The molecule has 0 aromatic heterocycles. The van der Waals surface area contributed by atoms with E-state index < -0.39 is 0 Å². The maximum atomic E-state index is 5.85. The SMILES string of the molecule is COc1cccc2c1C1(CC3C4C=CC(C4)C3C1)c1ccccc1-2. The van der Waals surface area contributed by atoms with Gasteiger partial charge in [-0.1, -0.05) is 48.6 Å². The average molecular weight is 314 g/mol. The normalized spacial score (nSPS) is 36.9. The van der Waals surface area contributed by atoms with Gasteiger partial charge in [0.1, 0.15) is 5.75 Å². The van der Waals surface area contributed by atoms with Crippen LogP contribution in [0.15, 0.2) is 54.6 Å². The first kappa shape index (κ1) is 13.3. The third kappa shape index (κ3) is 1.39. The van der Waals surface area contributed by atoms with Crippen LogP contribution in [0.25, 0.3) is 11.1 Å². The van der Waals surface area contributed by atoms with Crippen molar-refractivity contribution < 1.29 is 4.74 Å². The molecule has 0 saturated heterocycles. The fourth-order valence-electron chi connectivity index (χ4n) is 6.63. The minimum atomic E-state index is 0.177. The van der Waals surface area contributed by atoms with Gasteiger partial charge in [0, 0.05) is 11.0 Å². The van der Waals surface area contributed by atoms with Gasteiger partial charge >= 0.3 is 0 Å². The predicted molar refractivity (Wildman–Crippen MR) is 96.2 cm³/mol. The van der Waals surface area contributed by atoms with Crippen LogP contribution in [0.3, 0.4) is 0 Å². The van der Waals surface area contributed by atoms with Crippen molar-refractivity contribution in [2.75, 3.05) is 7.11 Å². The molecule has 1 spiro atoms. The zero-order valence-corrected chi connectivity index (χ0v) is 14.0. The van der Waals surface area contributed by atoms with Gasteiger partial charge < -0.3 is 4.74 Å². The molecule has 0 radical (unpaired) electrons. The summed E-state index contributed by atoms with van der Waals surface area (Å²) in [5, 5.41) is 0. The van der Waals surface area contributed by atoms with Crippen molar-refractivity contribution in [2.45, 2.75) is 24.7 Å². The molecule has 4 aliphatic rings. The van der Waals surface area contributed by atoms with Crippen LogP contribution < -0.4 is 4.74 Å². The molecule has 4 aliphatic carbocycles. The largest absolute Gasteiger partial charge is 0.496 e. The summed E-state index contributed by atoms with van der Waals surface area (Å²) >= 11 is 0. The van der Waals surface area contributed by atoms with Crippen LogP contribution in [0.1, 0.15) is 30.4 Å². The van der Waals surface area contributed by atoms with E-state index in [1.807, 2.05) is 7.11 Å². The Morgan fingerprint density at radius 1 is 0.875 bits per heavy atom. The molecule has 0 amide bonds. The molecule has 2 fully saturated rings. The number of hydrogen-bond donors (Lipinski definition) is 0. The first-order valence-electron chi connectivity index (χ1n) is 9.27. The van der Waals surface area contributed by atoms with E-state index in [1.165, 1.54) is 36.0 Å². The van der Waals surface area contributed by atoms with Crippen molar-refractivity contribution in [3.63, 3.8) is 0 Å². The van der Waals surface area contributed by atoms with Gasteiger partial charge in [-0.25, -0.2) is 0 Å². The number of rotatable bonds is 1. The first-order chi connectivity index (χ1) is 11.8. The summed E-state index contributed by atoms with van der Waals surface area (Å²) in [6.07, 6.45) is 9.02. The summed E-state index contributed by atoms with van der Waals surface area (Å²) in [7, 11) is 1.83. The van der Waals surface area contributed by atoms with Crippen molar-refractivity contribution in [1.82, 2.24) is 0 Å². The second-order valence-corrected chi connectivity index (χ2v) is 8.19. The standard InChI is InChI=1S/C23H22O/c1-24-21-8-4-6-17-16-5-2-3-7-20(16)23(22(17)21)12-18-14-9-10-15(11-14)19(18)13-23/h2-10,14-15,18-19H,11-13H2,1H3. The van der Waals surface area contributed by atoms with Crippen LogP contribution in [0.2, 0.25) is 0 Å². The smallest absolute Gasteiger partial charge is 0.123 e. The molecule has 6 rings (SSSR count). The van der Waals surface area contributed by atoms with E-state index in [0.717, 1.165) is 29.4 Å². The lowest BCUT2D eigenvalue weighted by atomic mass is 9.74. The predicted octanol–water partition coefficient (Wildman–Crippen LogP) is 5.19. The van der Waals surface area contributed by atoms with E-state index in [0.29, 0.717) is 0 Å². The Labute approximate surface area is 143 Å². The van der Waals surface area contributed by atoms with Crippen LogP contribution >= 0.6 is 0 Å². The maximum Gasteiger partial charge on any atom is 0.123 e. The molecule has 0 aliphatic heterocycles. The highest BCUT2D eigenvalue weighted by Gasteiger charge is 2.59. The molecule has 24 heavy (non-hydrogen) atoms. The van der Waals surface area contributed by atoms with E-state index in [1.54, 1.807) is 5.56 Å². The molecule has 2 bridgehead atoms. The molecule has 0 N–H and O–H groups in total. The van der Waals surface area contributed by atoms with Gasteiger partial charge in [-0.15, -0.1) is 0 Å². The number of ether oxygens (including phenoxy) is 1. The fourth-order valence-corrected chi connectivity index (χ4v) is 6.63. The molecular weight excluding hydrogens is 292 g/mol. The number of allylic oxidation sites excluding steroid dienone is 2. The van der Waals surface area contributed by atoms with Gasteiger partial charge in [0.2, 0.25) is 0 Å². The third-order valence-electron chi connectivity index (χ3n) is 7.43. The van der Waals surface area contributed by atoms with Crippen LogP contribution in [0, 0.1) is 23.7 Å². The molecule has 0 heterocycles. The minimum absolute atomic E-state index is 0.177. The summed E-state index contributed by atoms with van der Waals surface area (Å²) in [6, 6.07) is 15.7. The minimum Gasteiger partial charge on any atom is -0.496 e. The molecule has 2 aromatic rings. The number of hydrogen-bond acceptors (Lipinski definition) is 1. The molecule has 4 atom stereocenters. The van der Waals surface area contributed by atoms with Gasteiger partial charge in [-0.05, 0) is 65.7 Å². The van der Waals surface area contributed by atoms with Crippen LogP contribution in [-0.4, -0.2) is 7.11 Å². The second-order valence-electron chi connectivity index (χ2n) is 8.19. The Kier molecular flexibility index (Phi) is 2.40. The molecule has 1 nitrogen and oxygen atoms in total. The average Bonchev–Trinajstić information content (AvgIpc) is 3.37. The number of benzene rings is 2. The van der Waals surface area contributed by atoms with Crippen LogP contribution in [0.4, 0.5) is 0 Å². The van der Waals surface area contributed by atoms with Crippen LogP contribution in [-0.2, 0) is 5.41 Å². The van der Waals surface area contributed by atoms with Gasteiger partial charge in [-0.2, -0.15) is 0 Å². The lowest BCUT2D eigenvalue weighted by Crippen LogP contribution is -2.24. The van der Waals surface area contributed by atoms with Gasteiger partial charge in [0.05, 0.1) is 7.11 Å². The Morgan fingerprint density at radius 2 is 1.58 bits per heavy atom. The highest BCUT2D eigenvalue weighted by molar-refractivity contribution is 5.83. The van der Waals surface area contributed by atoms with Gasteiger partial charge in [0.15, 0.2) is 0 Å². The number of methoxy groups -OCH3 is 1. The molecule has 4 unspecified atom stereocenters. The Hall–Kier alpha value is -2.02. The summed E-state index contributed by atoms with van der Waals surface area (Å²) in [5.41, 5.74) is 6.05. The van der Waals surface area contributed by atoms with Crippen LogP contribution in [0.5, 0.6) is 5.75 Å². The van der Waals surface area contributed by atoms with Crippen molar-refractivity contribution >= 4 is 0 Å². The summed E-state index contributed by atoms with van der Waals surface area (Å²) in [6.45, 7) is 0. The zero-order valence-electron chi connectivity index (χ0n) is 14.0. The van der Waals surface area contributed by atoms with Gasteiger partial charge in [0.25, 0.3) is 0 Å². The van der Waals surface area contributed by atoms with Crippen molar-refractivity contribution in [3.05, 3.63) is 65.7 Å². The zero-order chi connectivity index (χ0) is 15.9. The lowest BCUT2D eigenvalue weighted by molar-refractivity contribution is 0.364. The molecular formula is C23H22O.